The molecule has 1 aliphatic rings. The van der Waals surface area contributed by atoms with Gasteiger partial charge in [0.05, 0.1) is 9.89 Å². The van der Waals surface area contributed by atoms with E-state index in [9.17, 15) is 5.11 Å². The van der Waals surface area contributed by atoms with E-state index in [4.69, 9.17) is 0 Å². The van der Waals surface area contributed by atoms with Gasteiger partial charge in [-0.1, -0.05) is 0 Å². The maximum atomic E-state index is 9.35. The Hall–Kier alpha value is 0.0600. The molecule has 0 spiro atoms. The van der Waals surface area contributed by atoms with Crippen molar-refractivity contribution in [3.8, 4) is 0 Å². The van der Waals surface area contributed by atoms with Crippen LogP contribution in [-0.4, -0.2) is 53.7 Å². The van der Waals surface area contributed by atoms with E-state index in [-0.39, 0.29) is 6.10 Å². The first-order valence-electron chi connectivity index (χ1n) is 5.99. The van der Waals surface area contributed by atoms with Gasteiger partial charge in [0.1, 0.15) is 0 Å². The summed E-state index contributed by atoms with van der Waals surface area (Å²) in [6.45, 7) is 8.03. The summed E-state index contributed by atoms with van der Waals surface area (Å²) in [4.78, 5) is 4.82. The standard InChI is InChI=1S/C12H19BrN2OS/c1-10(16)7-14-2-4-15(5-3-14)8-11-6-12(13)17-9-11/h6,9-10,16H,2-5,7-8H2,1H3/t10-/m1/s1. The van der Waals surface area contributed by atoms with Gasteiger partial charge >= 0.3 is 0 Å². The first-order chi connectivity index (χ1) is 8.13. The summed E-state index contributed by atoms with van der Waals surface area (Å²) in [7, 11) is 0. The summed E-state index contributed by atoms with van der Waals surface area (Å²) < 4.78 is 1.21. The van der Waals surface area contributed by atoms with E-state index in [2.05, 4.69) is 37.2 Å². The molecule has 0 aliphatic carbocycles. The third-order valence-electron chi connectivity index (χ3n) is 3.02. The molecule has 1 N–H and O–H groups in total. The molecular formula is C12H19BrN2OS. The Morgan fingerprint density at radius 2 is 2.00 bits per heavy atom. The monoisotopic (exact) mass is 318 g/mol. The Morgan fingerprint density at radius 3 is 2.53 bits per heavy atom. The van der Waals surface area contributed by atoms with E-state index in [0.29, 0.717) is 0 Å². The molecule has 0 radical (unpaired) electrons. The zero-order chi connectivity index (χ0) is 12.3. The van der Waals surface area contributed by atoms with E-state index in [0.717, 1.165) is 39.3 Å². The smallest absolute Gasteiger partial charge is 0.0701 e. The van der Waals surface area contributed by atoms with Gasteiger partial charge in [-0.3, -0.25) is 9.80 Å². The number of rotatable bonds is 4. The van der Waals surface area contributed by atoms with Crippen LogP contribution in [-0.2, 0) is 6.54 Å². The molecule has 0 saturated carbocycles. The average Bonchev–Trinajstić information content (AvgIpc) is 2.66. The lowest BCUT2D eigenvalue weighted by Gasteiger charge is -2.35. The maximum absolute atomic E-state index is 9.35. The van der Waals surface area contributed by atoms with Crippen LogP contribution in [0.3, 0.4) is 0 Å². The van der Waals surface area contributed by atoms with Crippen molar-refractivity contribution in [2.24, 2.45) is 0 Å². The van der Waals surface area contributed by atoms with Crippen LogP contribution in [0.25, 0.3) is 0 Å². The highest BCUT2D eigenvalue weighted by atomic mass is 79.9. The molecule has 17 heavy (non-hydrogen) atoms. The fourth-order valence-electron chi connectivity index (χ4n) is 2.19. The van der Waals surface area contributed by atoms with Gasteiger partial charge in [-0.05, 0) is 39.9 Å². The minimum Gasteiger partial charge on any atom is -0.392 e. The van der Waals surface area contributed by atoms with Crippen molar-refractivity contribution in [3.05, 3.63) is 20.8 Å². The summed E-state index contributed by atoms with van der Waals surface area (Å²) in [6.07, 6.45) is -0.214. The number of hydrogen-bond acceptors (Lipinski definition) is 4. The van der Waals surface area contributed by atoms with Crippen LogP contribution in [0.4, 0.5) is 0 Å². The molecule has 1 aromatic heterocycles. The van der Waals surface area contributed by atoms with Crippen molar-refractivity contribution in [2.75, 3.05) is 32.7 Å². The van der Waals surface area contributed by atoms with Crippen molar-refractivity contribution < 1.29 is 5.11 Å². The molecule has 0 unspecified atom stereocenters. The van der Waals surface area contributed by atoms with Crippen LogP contribution in [0, 0.1) is 0 Å². The van der Waals surface area contributed by atoms with Crippen LogP contribution < -0.4 is 0 Å². The van der Waals surface area contributed by atoms with Crippen LogP contribution in [0.5, 0.6) is 0 Å². The highest BCUT2D eigenvalue weighted by Gasteiger charge is 2.18. The summed E-state index contributed by atoms with van der Waals surface area (Å²) in [5.74, 6) is 0. The van der Waals surface area contributed by atoms with E-state index >= 15 is 0 Å². The second-order valence-corrected chi connectivity index (χ2v) is 6.98. The largest absolute Gasteiger partial charge is 0.392 e. The van der Waals surface area contributed by atoms with Gasteiger partial charge < -0.3 is 5.11 Å². The molecule has 1 atom stereocenters. The van der Waals surface area contributed by atoms with Gasteiger partial charge in [0, 0.05) is 39.3 Å². The molecule has 1 aliphatic heterocycles. The number of thiophene rings is 1. The number of piperazine rings is 1. The molecule has 1 aromatic rings. The van der Waals surface area contributed by atoms with E-state index in [1.165, 1.54) is 9.35 Å². The quantitative estimate of drug-likeness (QED) is 0.920. The molecular weight excluding hydrogens is 300 g/mol. The number of β-amino-alcohol motifs (C(OH)–C–C–N with tert-alkyl or cyclic N) is 1. The molecule has 0 bridgehead atoms. The van der Waals surface area contributed by atoms with Gasteiger partial charge in [0.25, 0.3) is 0 Å². The highest BCUT2D eigenvalue weighted by Crippen LogP contribution is 2.22. The molecule has 2 heterocycles. The predicted octanol–water partition coefficient (Wildman–Crippen LogP) is 2.01. The number of halogens is 1. The van der Waals surface area contributed by atoms with Crippen LogP contribution >= 0.6 is 27.3 Å². The first-order valence-corrected chi connectivity index (χ1v) is 7.66. The SMILES string of the molecule is C[C@@H](O)CN1CCN(Cc2csc(Br)c2)CC1. The van der Waals surface area contributed by atoms with Crippen LogP contribution in [0.2, 0.25) is 0 Å². The topological polar surface area (TPSA) is 26.7 Å². The Balaban J connectivity index is 1.75. The second kappa shape index (κ2) is 6.29. The summed E-state index contributed by atoms with van der Waals surface area (Å²) in [5, 5.41) is 11.6. The summed E-state index contributed by atoms with van der Waals surface area (Å²) in [6, 6.07) is 2.20. The van der Waals surface area contributed by atoms with Crippen molar-refractivity contribution in [3.63, 3.8) is 0 Å². The van der Waals surface area contributed by atoms with Crippen molar-refractivity contribution in [2.45, 2.75) is 19.6 Å². The third-order valence-corrected chi connectivity index (χ3v) is 4.57. The molecule has 0 aromatic carbocycles. The molecule has 1 fully saturated rings. The normalized spacial score (nSPS) is 20.6. The van der Waals surface area contributed by atoms with E-state index in [1.54, 1.807) is 11.3 Å². The van der Waals surface area contributed by atoms with Crippen molar-refractivity contribution in [1.82, 2.24) is 9.80 Å². The lowest BCUT2D eigenvalue weighted by Crippen LogP contribution is -2.47. The van der Waals surface area contributed by atoms with Gasteiger partial charge in [-0.15, -0.1) is 11.3 Å². The van der Waals surface area contributed by atoms with Gasteiger partial charge in [-0.2, -0.15) is 0 Å². The van der Waals surface area contributed by atoms with E-state index in [1.807, 2.05) is 6.92 Å². The Morgan fingerprint density at radius 1 is 1.35 bits per heavy atom. The maximum Gasteiger partial charge on any atom is 0.0701 e. The average molecular weight is 319 g/mol. The van der Waals surface area contributed by atoms with Crippen LogP contribution in [0.15, 0.2) is 15.2 Å². The zero-order valence-corrected chi connectivity index (χ0v) is 12.5. The molecule has 0 amide bonds. The second-order valence-electron chi connectivity index (χ2n) is 4.68. The Labute approximate surface area is 115 Å². The summed E-state index contributed by atoms with van der Waals surface area (Å²) >= 11 is 5.25. The molecule has 2 rings (SSSR count). The number of nitrogens with zero attached hydrogens (tertiary/aromatic N) is 2. The van der Waals surface area contributed by atoms with Crippen LogP contribution in [0.1, 0.15) is 12.5 Å². The van der Waals surface area contributed by atoms with Gasteiger partial charge in [0.15, 0.2) is 0 Å². The number of aliphatic hydroxyl groups is 1. The summed E-state index contributed by atoms with van der Waals surface area (Å²) in [5.41, 5.74) is 1.39. The fraction of sp³-hybridized carbons (Fsp3) is 0.667. The van der Waals surface area contributed by atoms with Gasteiger partial charge in [-0.25, -0.2) is 0 Å². The number of aliphatic hydroxyl groups excluding tert-OH is 1. The van der Waals surface area contributed by atoms with E-state index < -0.39 is 0 Å². The minimum atomic E-state index is -0.214. The van der Waals surface area contributed by atoms with Crippen molar-refractivity contribution in [1.29, 1.82) is 0 Å². The highest BCUT2D eigenvalue weighted by molar-refractivity contribution is 9.11. The number of hydrogen-bond donors (Lipinski definition) is 1. The minimum absolute atomic E-state index is 0.214. The first kappa shape index (κ1) is 13.5. The Bertz CT molecular complexity index is 348. The van der Waals surface area contributed by atoms with Gasteiger partial charge in [0.2, 0.25) is 0 Å². The zero-order valence-electron chi connectivity index (χ0n) is 10.1. The predicted molar refractivity (Wildman–Crippen MR) is 75.4 cm³/mol. The molecule has 1 saturated heterocycles. The lowest BCUT2D eigenvalue weighted by atomic mass is 10.2. The molecule has 5 heteroatoms. The fourth-order valence-corrected chi connectivity index (χ4v) is 3.39. The van der Waals surface area contributed by atoms with Crippen molar-refractivity contribution >= 4 is 27.3 Å². The lowest BCUT2D eigenvalue weighted by molar-refractivity contribution is 0.0781. The molecule has 3 nitrogen and oxygen atoms in total. The third kappa shape index (κ3) is 4.34. The Kier molecular flexibility index (Phi) is 4.99. The molecule has 96 valence electrons.